The predicted molar refractivity (Wildman–Crippen MR) is 103 cm³/mol. The monoisotopic (exact) mass is 392 g/mol. The first kappa shape index (κ1) is 18.2. The second-order valence-corrected chi connectivity index (χ2v) is 9.12. The number of methoxy groups -OCH3 is 2. The van der Waals surface area contributed by atoms with Crippen LogP contribution >= 0.6 is 0 Å². The van der Waals surface area contributed by atoms with Crippen LogP contribution in [0.1, 0.15) is 19.3 Å². The van der Waals surface area contributed by atoms with Crippen molar-refractivity contribution in [2.24, 2.45) is 0 Å². The van der Waals surface area contributed by atoms with Gasteiger partial charge in [0.1, 0.15) is 12.1 Å². The highest BCUT2D eigenvalue weighted by molar-refractivity contribution is 7.90. The number of fused-ring (bicyclic) bond motifs is 1. The van der Waals surface area contributed by atoms with Gasteiger partial charge in [0.05, 0.1) is 25.0 Å². The number of hydrogen-bond donors (Lipinski definition) is 0. The molecule has 0 unspecified atom stereocenters. The maximum Gasteiger partial charge on any atom is 0.217 e. The Morgan fingerprint density at radius 1 is 1.00 bits per heavy atom. The Morgan fingerprint density at radius 3 is 2.44 bits per heavy atom. The van der Waals surface area contributed by atoms with Crippen LogP contribution < -0.4 is 14.4 Å². The van der Waals surface area contributed by atoms with Crippen molar-refractivity contribution in [2.45, 2.75) is 24.5 Å². The van der Waals surface area contributed by atoms with E-state index in [1.165, 1.54) is 6.33 Å². The van der Waals surface area contributed by atoms with Gasteiger partial charge in [-0.25, -0.2) is 18.4 Å². The molecule has 2 aliphatic rings. The second kappa shape index (κ2) is 7.12. The normalized spacial score (nSPS) is 19.1. The minimum Gasteiger partial charge on any atom is -0.493 e. The summed E-state index contributed by atoms with van der Waals surface area (Å²) in [5.41, 5.74) is 0.768. The van der Waals surface area contributed by atoms with Crippen molar-refractivity contribution >= 4 is 26.7 Å². The molecule has 0 N–H and O–H groups in total. The van der Waals surface area contributed by atoms with Crippen molar-refractivity contribution in [1.29, 1.82) is 0 Å². The number of sulfonamides is 1. The molecule has 0 bridgehead atoms. The van der Waals surface area contributed by atoms with E-state index in [9.17, 15) is 8.42 Å². The largest absolute Gasteiger partial charge is 0.493 e. The van der Waals surface area contributed by atoms with Gasteiger partial charge in [-0.15, -0.1) is 0 Å². The molecule has 0 atom stereocenters. The zero-order chi connectivity index (χ0) is 19.0. The number of hydrogen-bond acceptors (Lipinski definition) is 7. The van der Waals surface area contributed by atoms with E-state index in [1.54, 1.807) is 18.5 Å². The van der Waals surface area contributed by atoms with Gasteiger partial charge < -0.3 is 14.4 Å². The lowest BCUT2D eigenvalue weighted by Crippen LogP contribution is -2.37. The van der Waals surface area contributed by atoms with E-state index in [1.807, 2.05) is 12.1 Å². The molecule has 0 radical (unpaired) electrons. The molecule has 0 amide bonds. The van der Waals surface area contributed by atoms with Crippen LogP contribution in [0.3, 0.4) is 0 Å². The van der Waals surface area contributed by atoms with Crippen molar-refractivity contribution in [3.8, 4) is 11.5 Å². The number of rotatable bonds is 5. The van der Waals surface area contributed by atoms with Crippen LogP contribution in [-0.4, -0.2) is 68.3 Å². The molecule has 1 saturated heterocycles. The number of aromatic nitrogens is 2. The van der Waals surface area contributed by atoms with Crippen LogP contribution in [0.2, 0.25) is 0 Å². The molecule has 2 fully saturated rings. The molecule has 9 heteroatoms. The molecule has 1 aliphatic heterocycles. The second-order valence-electron chi connectivity index (χ2n) is 6.91. The quantitative estimate of drug-likeness (QED) is 0.765. The van der Waals surface area contributed by atoms with Crippen LogP contribution in [0.4, 0.5) is 5.82 Å². The summed E-state index contributed by atoms with van der Waals surface area (Å²) in [5, 5.41) is 0.703. The molecular weight excluding hydrogens is 368 g/mol. The van der Waals surface area contributed by atoms with Gasteiger partial charge in [-0.05, 0) is 25.3 Å². The molecule has 0 spiro atoms. The number of anilines is 1. The summed E-state index contributed by atoms with van der Waals surface area (Å²) in [7, 11) is 0.0471. The Hall–Kier alpha value is -2.13. The van der Waals surface area contributed by atoms with Crippen molar-refractivity contribution in [1.82, 2.24) is 14.3 Å². The summed E-state index contributed by atoms with van der Waals surface area (Å²) < 4.78 is 37.6. The zero-order valence-electron chi connectivity index (χ0n) is 15.6. The van der Waals surface area contributed by atoms with E-state index in [0.717, 1.165) is 42.5 Å². The first-order valence-corrected chi connectivity index (χ1v) is 10.7. The number of ether oxygens (including phenoxy) is 2. The first-order chi connectivity index (χ1) is 13.0. The molecule has 27 heavy (non-hydrogen) atoms. The summed E-state index contributed by atoms with van der Waals surface area (Å²) in [6.45, 7) is 2.40. The van der Waals surface area contributed by atoms with E-state index in [0.29, 0.717) is 31.1 Å². The van der Waals surface area contributed by atoms with Crippen LogP contribution in [-0.2, 0) is 10.0 Å². The van der Waals surface area contributed by atoms with Crippen molar-refractivity contribution in [2.75, 3.05) is 45.3 Å². The number of nitrogens with zero attached hydrogens (tertiary/aromatic N) is 4. The number of benzene rings is 1. The van der Waals surface area contributed by atoms with Crippen LogP contribution in [0.25, 0.3) is 10.9 Å². The van der Waals surface area contributed by atoms with Gasteiger partial charge in [-0.1, -0.05) is 0 Å². The third-order valence-electron chi connectivity index (χ3n) is 5.18. The maximum absolute atomic E-state index is 12.6. The Balaban J connectivity index is 1.64. The molecule has 2 aromatic rings. The molecule has 1 aliphatic carbocycles. The lowest BCUT2D eigenvalue weighted by molar-refractivity contribution is 0.356. The highest BCUT2D eigenvalue weighted by Gasteiger charge is 2.40. The van der Waals surface area contributed by atoms with E-state index < -0.39 is 10.0 Å². The molecule has 1 aromatic heterocycles. The van der Waals surface area contributed by atoms with Gasteiger partial charge in [-0.3, -0.25) is 0 Å². The highest BCUT2D eigenvalue weighted by Crippen LogP contribution is 2.35. The first-order valence-electron chi connectivity index (χ1n) is 9.15. The molecule has 8 nitrogen and oxygen atoms in total. The fraction of sp³-hybridized carbons (Fsp3) is 0.556. The lowest BCUT2D eigenvalue weighted by Gasteiger charge is -2.24. The smallest absolute Gasteiger partial charge is 0.217 e. The van der Waals surface area contributed by atoms with Crippen LogP contribution in [0.5, 0.6) is 11.5 Å². The third-order valence-corrected chi connectivity index (χ3v) is 7.58. The molecule has 1 aromatic carbocycles. The molecule has 2 heterocycles. The Labute approximate surface area is 159 Å². The topological polar surface area (TPSA) is 84.9 Å². The van der Waals surface area contributed by atoms with Gasteiger partial charge in [0.15, 0.2) is 11.5 Å². The summed E-state index contributed by atoms with van der Waals surface area (Å²) in [6.07, 6.45) is 3.89. The summed E-state index contributed by atoms with van der Waals surface area (Å²) in [6, 6.07) is 3.72. The van der Waals surface area contributed by atoms with Crippen LogP contribution in [0, 0.1) is 0 Å². The van der Waals surface area contributed by atoms with Gasteiger partial charge in [0.25, 0.3) is 0 Å². The minimum atomic E-state index is -3.14. The van der Waals surface area contributed by atoms with E-state index in [2.05, 4.69) is 14.9 Å². The minimum absolute atomic E-state index is 0.166. The Kier molecular flexibility index (Phi) is 4.81. The fourth-order valence-electron chi connectivity index (χ4n) is 3.56. The highest BCUT2D eigenvalue weighted by atomic mass is 32.2. The van der Waals surface area contributed by atoms with E-state index in [-0.39, 0.29) is 5.25 Å². The average Bonchev–Trinajstić information content (AvgIpc) is 3.53. The van der Waals surface area contributed by atoms with Gasteiger partial charge in [0, 0.05) is 37.6 Å². The molecule has 146 valence electrons. The fourth-order valence-corrected chi connectivity index (χ4v) is 5.43. The van der Waals surface area contributed by atoms with Crippen molar-refractivity contribution in [3.63, 3.8) is 0 Å². The van der Waals surface area contributed by atoms with E-state index in [4.69, 9.17) is 9.47 Å². The van der Waals surface area contributed by atoms with Crippen molar-refractivity contribution in [3.05, 3.63) is 18.5 Å². The third kappa shape index (κ3) is 3.41. The average molecular weight is 392 g/mol. The standard InChI is InChI=1S/C18H24N4O4S/c1-25-16-10-14-15(11-17(16)26-2)19-12-20-18(14)21-6-3-7-22(9-8-21)27(23,24)13-4-5-13/h10-13H,3-9H2,1-2H3. The predicted octanol–water partition coefficient (Wildman–Crippen LogP) is 1.65. The van der Waals surface area contributed by atoms with Gasteiger partial charge >= 0.3 is 0 Å². The molecular formula is C18H24N4O4S. The Bertz CT molecular complexity index is 946. The Morgan fingerprint density at radius 2 is 1.74 bits per heavy atom. The SMILES string of the molecule is COc1cc2ncnc(N3CCCN(S(=O)(=O)C4CC4)CC3)c2cc1OC. The van der Waals surface area contributed by atoms with E-state index >= 15 is 0 Å². The van der Waals surface area contributed by atoms with Gasteiger partial charge in [0.2, 0.25) is 10.0 Å². The molecule has 1 saturated carbocycles. The zero-order valence-corrected chi connectivity index (χ0v) is 16.4. The van der Waals surface area contributed by atoms with Crippen molar-refractivity contribution < 1.29 is 17.9 Å². The maximum atomic E-state index is 12.6. The molecule has 4 rings (SSSR count). The summed E-state index contributed by atoms with van der Waals surface area (Å²) in [4.78, 5) is 11.0. The van der Waals surface area contributed by atoms with Gasteiger partial charge in [-0.2, -0.15) is 4.31 Å². The lowest BCUT2D eigenvalue weighted by atomic mass is 10.2. The summed E-state index contributed by atoms with van der Waals surface area (Å²) in [5.74, 6) is 2.03. The van der Waals surface area contributed by atoms with Crippen LogP contribution in [0.15, 0.2) is 18.5 Å². The summed E-state index contributed by atoms with van der Waals surface area (Å²) >= 11 is 0.